The Labute approximate surface area is 136 Å². The van der Waals surface area contributed by atoms with E-state index >= 15 is 0 Å². The number of ketones is 1. The Morgan fingerprint density at radius 3 is 1.50 bits per heavy atom. The molecule has 2 aliphatic rings. The molecule has 2 aliphatic heterocycles. The molecule has 2 rings (SSSR count). The Morgan fingerprint density at radius 1 is 0.773 bits per heavy atom. The van der Waals surface area contributed by atoms with Gasteiger partial charge in [-0.05, 0) is 25.9 Å². The van der Waals surface area contributed by atoms with Crippen LogP contribution in [0.1, 0.15) is 25.7 Å². The van der Waals surface area contributed by atoms with Gasteiger partial charge in [0.2, 0.25) is 0 Å². The van der Waals surface area contributed by atoms with Crippen LogP contribution >= 0.6 is 0 Å². The van der Waals surface area contributed by atoms with Gasteiger partial charge >= 0.3 is 0 Å². The third kappa shape index (κ3) is 6.73. The number of quaternary nitrogens is 2. The molecule has 0 aromatic rings. The van der Waals surface area contributed by atoms with Crippen LogP contribution < -0.4 is 9.80 Å². The zero-order valence-corrected chi connectivity index (χ0v) is 14.1. The zero-order valence-electron chi connectivity index (χ0n) is 14.1. The number of Topliss-reactive ketones (excluding diaryl/α,β-unsaturated/α-hetero) is 1. The van der Waals surface area contributed by atoms with Crippen LogP contribution in [0.2, 0.25) is 0 Å². The Bertz CT molecular complexity index is 291. The van der Waals surface area contributed by atoms with Crippen molar-refractivity contribution in [2.75, 3.05) is 65.4 Å². The largest absolute Gasteiger partial charge is 0.466 e. The Hall–Kier alpha value is -0.490. The van der Waals surface area contributed by atoms with E-state index < -0.39 is 0 Å². The topological polar surface area (TPSA) is 32.4 Å². The van der Waals surface area contributed by atoms with Crippen molar-refractivity contribution >= 4 is 5.78 Å². The summed E-state index contributed by atoms with van der Waals surface area (Å²) < 4.78 is 0. The molecule has 0 unspecified atom stereocenters. The van der Waals surface area contributed by atoms with Crippen molar-refractivity contribution < 1.29 is 14.6 Å². The molecule has 0 spiro atoms. The lowest BCUT2D eigenvalue weighted by Gasteiger charge is -2.34. The van der Waals surface area contributed by atoms with Gasteiger partial charge in [0, 0.05) is 39.0 Å². The van der Waals surface area contributed by atoms with Crippen LogP contribution in [0.3, 0.4) is 0 Å². The standard InChI is InChI=1S/C17H34N4O/c1-18-9-13-20(14-10-18)7-3-5-17(22)6-4-8-21-15-11-19(2)12-16-21/h18-19H,1-16H2. The fraction of sp³-hybridized carbons (Fsp3) is 0.824. The molecular weight excluding hydrogens is 276 g/mol. The summed E-state index contributed by atoms with van der Waals surface area (Å²) in [5.41, 5.74) is 0. The molecule has 2 heterocycles. The number of nitrogens with zero attached hydrogens (tertiary/aromatic N) is 2. The van der Waals surface area contributed by atoms with Crippen LogP contribution in [0.15, 0.2) is 0 Å². The monoisotopic (exact) mass is 310 g/mol. The highest BCUT2D eigenvalue weighted by Crippen LogP contribution is 2.03. The summed E-state index contributed by atoms with van der Waals surface area (Å²) in [7, 11) is 8.09. The molecule has 0 aliphatic carbocycles. The number of rotatable bonds is 8. The van der Waals surface area contributed by atoms with Gasteiger partial charge in [-0.25, -0.2) is 0 Å². The minimum atomic E-state index is 0.447. The van der Waals surface area contributed by atoms with Gasteiger partial charge < -0.3 is 9.80 Å². The van der Waals surface area contributed by atoms with E-state index in [1.54, 1.807) is 0 Å². The maximum Gasteiger partial charge on any atom is 0.133 e. The highest BCUT2D eigenvalue weighted by Gasteiger charge is 2.15. The van der Waals surface area contributed by atoms with Gasteiger partial charge in [-0.3, -0.25) is 14.6 Å². The Balaban J connectivity index is 1.46. The van der Waals surface area contributed by atoms with Crippen LogP contribution in [-0.4, -0.2) is 81.0 Å². The highest BCUT2D eigenvalue weighted by atomic mass is 16.1. The van der Waals surface area contributed by atoms with E-state index in [0.717, 1.165) is 91.1 Å². The zero-order chi connectivity index (χ0) is 15.8. The summed E-state index contributed by atoms with van der Waals surface area (Å²) in [6.07, 6.45) is 3.56. The number of carbonyl (C=O) groups excluding carboxylic acids is 1. The van der Waals surface area contributed by atoms with Crippen LogP contribution in [0.4, 0.5) is 0 Å². The molecule has 2 N–H and O–H groups in total. The predicted octanol–water partition coefficient (Wildman–Crippen LogP) is -1.90. The van der Waals surface area contributed by atoms with Crippen molar-refractivity contribution in [3.8, 4) is 0 Å². The summed E-state index contributed by atoms with van der Waals surface area (Å²) in [4.78, 5) is 19.7. The molecule has 0 bridgehead atoms. The molecule has 0 atom stereocenters. The molecule has 128 valence electrons. The lowest BCUT2D eigenvalue weighted by Crippen LogP contribution is -3.10. The molecule has 0 radical (unpaired) electrons. The lowest BCUT2D eigenvalue weighted by molar-refractivity contribution is -0.858. The molecule has 22 heavy (non-hydrogen) atoms. The molecule has 0 amide bonds. The van der Waals surface area contributed by atoms with Crippen molar-refractivity contribution in [1.82, 2.24) is 9.80 Å². The van der Waals surface area contributed by atoms with Crippen LogP contribution in [0.5, 0.6) is 0 Å². The molecule has 2 saturated heterocycles. The van der Waals surface area contributed by atoms with Gasteiger partial charge in [0.05, 0.1) is 26.2 Å². The quantitative estimate of drug-likeness (QED) is 0.514. The SMILES string of the molecule is [CH2-][NH+]1CCN(CCCC(=O)CCCN2CC[NH+]([CH2-])CC2)CC1. The van der Waals surface area contributed by atoms with Crippen molar-refractivity contribution in [1.29, 1.82) is 0 Å². The third-order valence-electron chi connectivity index (χ3n) is 4.99. The molecule has 2 fully saturated rings. The first-order chi connectivity index (χ1) is 10.6. The molecule has 0 aromatic heterocycles. The molecule has 5 heteroatoms. The average Bonchev–Trinajstić information content (AvgIpc) is 2.51. The third-order valence-corrected chi connectivity index (χ3v) is 4.99. The van der Waals surface area contributed by atoms with E-state index in [1.165, 1.54) is 9.80 Å². The van der Waals surface area contributed by atoms with E-state index in [-0.39, 0.29) is 0 Å². The maximum atomic E-state index is 12.0. The summed E-state index contributed by atoms with van der Waals surface area (Å²) in [6, 6.07) is 0. The molecule has 5 nitrogen and oxygen atoms in total. The summed E-state index contributed by atoms with van der Waals surface area (Å²) in [5.74, 6) is 0.447. The van der Waals surface area contributed by atoms with Gasteiger partial charge in [-0.2, -0.15) is 14.1 Å². The number of piperazine rings is 2. The van der Waals surface area contributed by atoms with Gasteiger partial charge in [-0.15, -0.1) is 0 Å². The number of hydrogen-bond acceptors (Lipinski definition) is 3. The van der Waals surface area contributed by atoms with Crippen molar-refractivity contribution in [3.05, 3.63) is 14.1 Å². The van der Waals surface area contributed by atoms with Crippen molar-refractivity contribution in [2.24, 2.45) is 0 Å². The van der Waals surface area contributed by atoms with E-state index in [9.17, 15) is 4.79 Å². The normalized spacial score (nSPS) is 23.0. The van der Waals surface area contributed by atoms with Crippen molar-refractivity contribution in [2.45, 2.75) is 25.7 Å². The first kappa shape index (κ1) is 17.9. The van der Waals surface area contributed by atoms with Crippen molar-refractivity contribution in [3.63, 3.8) is 0 Å². The van der Waals surface area contributed by atoms with E-state index in [4.69, 9.17) is 0 Å². The number of carbonyl (C=O) groups is 1. The molecular formula is C17H34N4O. The summed E-state index contributed by atoms with van der Waals surface area (Å²) >= 11 is 0. The number of hydrogen-bond donors (Lipinski definition) is 2. The van der Waals surface area contributed by atoms with Crippen LogP contribution in [0, 0.1) is 14.1 Å². The van der Waals surface area contributed by atoms with E-state index in [0.29, 0.717) is 5.78 Å². The fourth-order valence-electron chi connectivity index (χ4n) is 3.31. The second-order valence-corrected chi connectivity index (χ2v) is 6.93. The second-order valence-electron chi connectivity index (χ2n) is 6.93. The number of nitrogens with one attached hydrogen (secondary N) is 2. The Kier molecular flexibility index (Phi) is 7.80. The smallest absolute Gasteiger partial charge is 0.133 e. The minimum absolute atomic E-state index is 0.447. The van der Waals surface area contributed by atoms with Gasteiger partial charge in [0.25, 0.3) is 0 Å². The van der Waals surface area contributed by atoms with Crippen LogP contribution in [-0.2, 0) is 4.79 Å². The average molecular weight is 310 g/mol. The van der Waals surface area contributed by atoms with Gasteiger partial charge in [0.15, 0.2) is 0 Å². The van der Waals surface area contributed by atoms with Gasteiger partial charge in [0.1, 0.15) is 5.78 Å². The van der Waals surface area contributed by atoms with Gasteiger partial charge in [-0.1, -0.05) is 0 Å². The second kappa shape index (κ2) is 9.60. The summed E-state index contributed by atoms with van der Waals surface area (Å²) in [5, 5.41) is 0. The fourth-order valence-corrected chi connectivity index (χ4v) is 3.31. The van der Waals surface area contributed by atoms with E-state index in [1.807, 2.05) is 0 Å². The maximum absolute atomic E-state index is 12.0. The highest BCUT2D eigenvalue weighted by molar-refractivity contribution is 5.78. The lowest BCUT2D eigenvalue weighted by atomic mass is 10.1. The van der Waals surface area contributed by atoms with E-state index in [2.05, 4.69) is 23.9 Å². The minimum Gasteiger partial charge on any atom is -0.466 e. The first-order valence-corrected chi connectivity index (χ1v) is 8.93. The van der Waals surface area contributed by atoms with Crippen LogP contribution in [0.25, 0.3) is 0 Å². The molecule has 0 aromatic carbocycles. The Morgan fingerprint density at radius 2 is 1.14 bits per heavy atom. The first-order valence-electron chi connectivity index (χ1n) is 8.93. The predicted molar refractivity (Wildman–Crippen MR) is 88.5 cm³/mol. The summed E-state index contributed by atoms with van der Waals surface area (Å²) in [6.45, 7) is 11.2. The molecule has 0 saturated carbocycles.